The molecule has 5 heteroatoms. The Morgan fingerprint density at radius 3 is 2.65 bits per heavy atom. The van der Waals surface area contributed by atoms with Crippen molar-refractivity contribution in [2.45, 2.75) is 50.2 Å². The monoisotopic (exact) mass is 297 g/mol. The minimum atomic E-state index is -3.20. The second-order valence-corrected chi connectivity index (χ2v) is 8.07. The lowest BCUT2D eigenvalue weighted by molar-refractivity contribution is -0.00912. The fourth-order valence-corrected chi connectivity index (χ4v) is 3.56. The van der Waals surface area contributed by atoms with Crippen molar-refractivity contribution in [3.8, 4) is 0 Å². The quantitative estimate of drug-likeness (QED) is 0.908. The minimum Gasteiger partial charge on any atom is -0.381 e. The second kappa shape index (κ2) is 5.74. The zero-order valence-electron chi connectivity index (χ0n) is 12.3. The van der Waals surface area contributed by atoms with E-state index < -0.39 is 9.84 Å². The molecule has 1 aromatic rings. The molecule has 1 aliphatic rings. The van der Waals surface area contributed by atoms with Gasteiger partial charge < -0.3 is 10.1 Å². The molecule has 0 saturated carbocycles. The van der Waals surface area contributed by atoms with Crippen LogP contribution < -0.4 is 5.32 Å². The van der Waals surface area contributed by atoms with E-state index in [1.54, 1.807) is 19.1 Å². The van der Waals surface area contributed by atoms with Gasteiger partial charge in [-0.15, -0.1) is 0 Å². The predicted molar refractivity (Wildman–Crippen MR) is 80.8 cm³/mol. The van der Waals surface area contributed by atoms with Crippen molar-refractivity contribution in [2.24, 2.45) is 0 Å². The molecule has 1 atom stereocenters. The van der Waals surface area contributed by atoms with E-state index in [2.05, 4.69) is 19.2 Å². The molecule has 0 bridgehead atoms. The third kappa shape index (κ3) is 3.52. The number of nitrogens with one attached hydrogen (secondary N) is 1. The SMILES string of the molecule is CCS(=O)(=O)c1ccccc1NC[C@H]1CCC(C)(C)O1. The lowest BCUT2D eigenvalue weighted by Crippen LogP contribution is -2.25. The summed E-state index contributed by atoms with van der Waals surface area (Å²) in [4.78, 5) is 0.375. The number of sulfone groups is 1. The van der Waals surface area contributed by atoms with Gasteiger partial charge in [0.2, 0.25) is 0 Å². The Balaban J connectivity index is 2.08. The van der Waals surface area contributed by atoms with Crippen molar-refractivity contribution in [1.29, 1.82) is 0 Å². The van der Waals surface area contributed by atoms with E-state index in [4.69, 9.17) is 4.74 Å². The largest absolute Gasteiger partial charge is 0.381 e. The molecule has 1 aromatic carbocycles. The number of para-hydroxylation sites is 1. The molecule has 4 nitrogen and oxygen atoms in total. The highest BCUT2D eigenvalue weighted by Gasteiger charge is 2.31. The Hall–Kier alpha value is -1.07. The Morgan fingerprint density at radius 2 is 2.05 bits per heavy atom. The number of ether oxygens (including phenoxy) is 1. The maximum absolute atomic E-state index is 12.0. The van der Waals surface area contributed by atoms with Crippen molar-refractivity contribution in [2.75, 3.05) is 17.6 Å². The van der Waals surface area contributed by atoms with Crippen LogP contribution in [0.4, 0.5) is 5.69 Å². The van der Waals surface area contributed by atoms with Crippen LogP contribution in [0.15, 0.2) is 29.2 Å². The first-order valence-electron chi connectivity index (χ1n) is 7.07. The van der Waals surface area contributed by atoms with Crippen LogP contribution in [0.5, 0.6) is 0 Å². The zero-order valence-corrected chi connectivity index (χ0v) is 13.2. The number of benzene rings is 1. The summed E-state index contributed by atoms with van der Waals surface area (Å²) >= 11 is 0. The predicted octanol–water partition coefficient (Wildman–Crippen LogP) is 2.85. The van der Waals surface area contributed by atoms with Gasteiger partial charge in [-0.1, -0.05) is 19.1 Å². The van der Waals surface area contributed by atoms with E-state index in [1.165, 1.54) is 0 Å². The Labute approximate surface area is 121 Å². The van der Waals surface area contributed by atoms with Crippen LogP contribution in [-0.2, 0) is 14.6 Å². The molecular formula is C15H23NO3S. The molecule has 1 N–H and O–H groups in total. The van der Waals surface area contributed by atoms with Crippen LogP contribution >= 0.6 is 0 Å². The van der Waals surface area contributed by atoms with E-state index in [0.29, 0.717) is 17.1 Å². The maximum atomic E-state index is 12.0. The standard InChI is InChI=1S/C15H23NO3S/c1-4-20(17,18)14-8-6-5-7-13(14)16-11-12-9-10-15(2,3)19-12/h5-8,12,16H,4,9-11H2,1-3H3/t12-/m1/s1. The fraction of sp³-hybridized carbons (Fsp3) is 0.600. The van der Waals surface area contributed by atoms with Gasteiger partial charge in [0.05, 0.1) is 28.0 Å². The van der Waals surface area contributed by atoms with Crippen molar-refractivity contribution < 1.29 is 13.2 Å². The minimum absolute atomic E-state index is 0.0681. The number of anilines is 1. The zero-order chi connectivity index (χ0) is 14.8. The molecule has 0 unspecified atom stereocenters. The van der Waals surface area contributed by atoms with Gasteiger partial charge in [-0.2, -0.15) is 0 Å². The summed E-state index contributed by atoms with van der Waals surface area (Å²) in [6.45, 7) is 6.47. The van der Waals surface area contributed by atoms with E-state index in [-0.39, 0.29) is 17.5 Å². The van der Waals surface area contributed by atoms with E-state index in [9.17, 15) is 8.42 Å². The molecule has 1 heterocycles. The fourth-order valence-electron chi connectivity index (χ4n) is 2.48. The van der Waals surface area contributed by atoms with Crippen LogP contribution in [0.2, 0.25) is 0 Å². The lowest BCUT2D eigenvalue weighted by Gasteiger charge is -2.20. The van der Waals surface area contributed by atoms with Gasteiger partial charge in [-0.3, -0.25) is 0 Å². The van der Waals surface area contributed by atoms with Crippen molar-refractivity contribution >= 4 is 15.5 Å². The van der Waals surface area contributed by atoms with Gasteiger partial charge >= 0.3 is 0 Å². The summed E-state index contributed by atoms with van der Waals surface area (Å²) in [5.41, 5.74) is 0.601. The normalized spacial score (nSPS) is 21.9. The summed E-state index contributed by atoms with van der Waals surface area (Å²) in [5.74, 6) is 0.110. The van der Waals surface area contributed by atoms with Crippen molar-refractivity contribution in [3.63, 3.8) is 0 Å². The molecule has 0 spiro atoms. The molecule has 1 fully saturated rings. The van der Waals surface area contributed by atoms with Gasteiger partial charge in [0.15, 0.2) is 9.84 Å². The first-order chi connectivity index (χ1) is 9.34. The third-order valence-electron chi connectivity index (χ3n) is 3.68. The highest BCUT2D eigenvalue weighted by molar-refractivity contribution is 7.91. The number of rotatable bonds is 5. The van der Waals surface area contributed by atoms with Gasteiger partial charge in [-0.05, 0) is 38.8 Å². The number of hydrogen-bond donors (Lipinski definition) is 1. The van der Waals surface area contributed by atoms with Crippen molar-refractivity contribution in [1.82, 2.24) is 0 Å². The van der Waals surface area contributed by atoms with Crippen molar-refractivity contribution in [3.05, 3.63) is 24.3 Å². The molecule has 0 aromatic heterocycles. The van der Waals surface area contributed by atoms with Gasteiger partial charge in [0, 0.05) is 6.54 Å². The summed E-state index contributed by atoms with van der Waals surface area (Å²) in [6.07, 6.45) is 2.18. The van der Waals surface area contributed by atoms with E-state index >= 15 is 0 Å². The highest BCUT2D eigenvalue weighted by Crippen LogP contribution is 2.30. The van der Waals surface area contributed by atoms with Crippen LogP contribution in [0.25, 0.3) is 0 Å². The average Bonchev–Trinajstić information content (AvgIpc) is 2.76. The molecule has 1 aliphatic heterocycles. The Kier molecular flexibility index (Phi) is 4.39. The van der Waals surface area contributed by atoms with Crippen LogP contribution in [0.3, 0.4) is 0 Å². The summed E-state index contributed by atoms with van der Waals surface area (Å²) in [7, 11) is -3.20. The lowest BCUT2D eigenvalue weighted by atomic mass is 10.1. The molecule has 0 amide bonds. The third-order valence-corrected chi connectivity index (χ3v) is 5.46. The molecule has 112 valence electrons. The summed E-state index contributed by atoms with van der Waals surface area (Å²) < 4.78 is 30.0. The van der Waals surface area contributed by atoms with Gasteiger partial charge in [0.25, 0.3) is 0 Å². The van der Waals surface area contributed by atoms with Crippen LogP contribution in [0.1, 0.15) is 33.6 Å². The van der Waals surface area contributed by atoms with E-state index in [1.807, 2.05) is 12.1 Å². The highest BCUT2D eigenvalue weighted by atomic mass is 32.2. The summed E-state index contributed by atoms with van der Waals surface area (Å²) in [5, 5.41) is 3.23. The second-order valence-electron chi connectivity index (χ2n) is 5.82. The van der Waals surface area contributed by atoms with Gasteiger partial charge in [-0.25, -0.2) is 8.42 Å². The van der Waals surface area contributed by atoms with Crippen LogP contribution in [-0.4, -0.2) is 32.4 Å². The molecule has 0 aliphatic carbocycles. The average molecular weight is 297 g/mol. The molecule has 1 saturated heterocycles. The first-order valence-corrected chi connectivity index (χ1v) is 8.73. The topological polar surface area (TPSA) is 55.4 Å². The maximum Gasteiger partial charge on any atom is 0.180 e. The molecule has 0 radical (unpaired) electrons. The van der Waals surface area contributed by atoms with Crippen LogP contribution in [0, 0.1) is 0 Å². The molecule has 2 rings (SSSR count). The summed E-state index contributed by atoms with van der Waals surface area (Å²) in [6, 6.07) is 7.06. The van der Waals surface area contributed by atoms with E-state index in [0.717, 1.165) is 12.8 Å². The Morgan fingerprint density at radius 1 is 1.35 bits per heavy atom. The first kappa shape index (κ1) is 15.3. The Bertz CT molecular complexity index is 566. The van der Waals surface area contributed by atoms with Gasteiger partial charge in [0.1, 0.15) is 0 Å². The molecule has 20 heavy (non-hydrogen) atoms. The molecular weight excluding hydrogens is 274 g/mol. The smallest absolute Gasteiger partial charge is 0.180 e. The number of hydrogen-bond acceptors (Lipinski definition) is 4.